The molecule has 106 valence electrons. The molecule has 1 aliphatic rings. The van der Waals surface area contributed by atoms with Crippen LogP contribution in [0.1, 0.15) is 72.1 Å². The maximum Gasteiger partial charge on any atom is 0.227 e. The Labute approximate surface area is 112 Å². The maximum absolute atomic E-state index is 12.7. The molecule has 3 nitrogen and oxygen atoms in total. The summed E-state index contributed by atoms with van der Waals surface area (Å²) in [6.07, 6.45) is 8.39. The predicted molar refractivity (Wildman–Crippen MR) is 76.3 cm³/mol. The van der Waals surface area contributed by atoms with Crippen molar-refractivity contribution in [1.82, 2.24) is 5.32 Å². The average molecular weight is 254 g/mol. The van der Waals surface area contributed by atoms with Gasteiger partial charge in [-0.25, -0.2) is 0 Å². The minimum atomic E-state index is -0.332. The summed E-state index contributed by atoms with van der Waals surface area (Å²) < 4.78 is 0. The molecule has 0 atom stereocenters. The largest absolute Gasteiger partial charge is 0.350 e. The maximum atomic E-state index is 12.7. The van der Waals surface area contributed by atoms with Crippen LogP contribution < -0.4 is 11.1 Å². The molecule has 0 unspecified atom stereocenters. The topological polar surface area (TPSA) is 55.1 Å². The van der Waals surface area contributed by atoms with E-state index in [0.717, 1.165) is 44.9 Å². The van der Waals surface area contributed by atoms with E-state index >= 15 is 0 Å². The van der Waals surface area contributed by atoms with E-state index in [-0.39, 0.29) is 16.9 Å². The van der Waals surface area contributed by atoms with E-state index in [9.17, 15) is 4.79 Å². The van der Waals surface area contributed by atoms with Crippen LogP contribution in [0.15, 0.2) is 0 Å². The van der Waals surface area contributed by atoms with Crippen molar-refractivity contribution in [2.45, 2.75) is 77.7 Å². The van der Waals surface area contributed by atoms with Gasteiger partial charge in [-0.15, -0.1) is 0 Å². The normalized spacial score (nSPS) is 18.2. The van der Waals surface area contributed by atoms with Crippen molar-refractivity contribution in [1.29, 1.82) is 0 Å². The summed E-state index contributed by atoms with van der Waals surface area (Å²) >= 11 is 0. The first-order valence-corrected chi connectivity index (χ1v) is 7.61. The number of rotatable bonds is 8. The van der Waals surface area contributed by atoms with Gasteiger partial charge in [0.15, 0.2) is 0 Å². The fourth-order valence-electron chi connectivity index (χ4n) is 3.15. The number of hydrogen-bond acceptors (Lipinski definition) is 2. The molecule has 0 bridgehead atoms. The molecule has 18 heavy (non-hydrogen) atoms. The Morgan fingerprint density at radius 3 is 2.06 bits per heavy atom. The number of nitrogens with one attached hydrogen (secondary N) is 1. The smallest absolute Gasteiger partial charge is 0.227 e. The van der Waals surface area contributed by atoms with Gasteiger partial charge in [-0.3, -0.25) is 4.79 Å². The third-order valence-corrected chi connectivity index (χ3v) is 4.70. The van der Waals surface area contributed by atoms with Crippen molar-refractivity contribution in [3.05, 3.63) is 0 Å². The molecule has 0 spiro atoms. The van der Waals surface area contributed by atoms with Crippen molar-refractivity contribution in [3.8, 4) is 0 Å². The lowest BCUT2D eigenvalue weighted by Gasteiger charge is -2.45. The van der Waals surface area contributed by atoms with Gasteiger partial charge >= 0.3 is 0 Å². The average Bonchev–Trinajstić information content (AvgIpc) is 2.33. The first-order valence-electron chi connectivity index (χ1n) is 7.61. The lowest BCUT2D eigenvalue weighted by atomic mass is 9.72. The van der Waals surface area contributed by atoms with Crippen LogP contribution in [-0.4, -0.2) is 18.0 Å². The molecule has 1 rings (SSSR count). The molecule has 1 amide bonds. The highest BCUT2D eigenvalue weighted by molar-refractivity contribution is 5.83. The highest BCUT2D eigenvalue weighted by Crippen LogP contribution is 2.37. The summed E-state index contributed by atoms with van der Waals surface area (Å²) in [4.78, 5) is 12.7. The van der Waals surface area contributed by atoms with Gasteiger partial charge in [-0.2, -0.15) is 0 Å². The number of hydrogen-bond donors (Lipinski definition) is 2. The molecule has 1 aliphatic carbocycles. The van der Waals surface area contributed by atoms with E-state index < -0.39 is 0 Å². The summed E-state index contributed by atoms with van der Waals surface area (Å²) in [7, 11) is 0. The SMILES string of the molecule is CCCC(CN)(CCC)C(=O)NC1(CC)CCC1. The molecule has 1 fully saturated rings. The van der Waals surface area contributed by atoms with Crippen LogP contribution in [0.25, 0.3) is 0 Å². The Balaban J connectivity index is 2.74. The van der Waals surface area contributed by atoms with Crippen molar-refractivity contribution in [2.75, 3.05) is 6.54 Å². The minimum absolute atomic E-state index is 0.0823. The molecule has 3 heteroatoms. The Morgan fingerprint density at radius 1 is 1.22 bits per heavy atom. The van der Waals surface area contributed by atoms with Crippen LogP contribution in [0.3, 0.4) is 0 Å². The van der Waals surface area contributed by atoms with Crippen LogP contribution in [0, 0.1) is 5.41 Å². The van der Waals surface area contributed by atoms with Gasteiger partial charge < -0.3 is 11.1 Å². The lowest BCUT2D eigenvalue weighted by molar-refractivity contribution is -0.135. The summed E-state index contributed by atoms with van der Waals surface area (Å²) in [5, 5.41) is 3.32. The standard InChI is InChI=1S/C15H30N2O/c1-4-8-14(12-16,9-5-2)13(18)17-15(6-3)10-7-11-15/h4-12,16H2,1-3H3,(H,17,18). The van der Waals surface area contributed by atoms with Crippen molar-refractivity contribution in [2.24, 2.45) is 11.1 Å². The molecule has 3 N–H and O–H groups in total. The number of carbonyl (C=O) groups is 1. The Kier molecular flexibility index (Phi) is 5.64. The van der Waals surface area contributed by atoms with E-state index in [1.807, 2.05) is 0 Å². The predicted octanol–water partition coefficient (Wildman–Crippen LogP) is 2.98. The van der Waals surface area contributed by atoms with E-state index in [0.29, 0.717) is 6.54 Å². The Hall–Kier alpha value is -0.570. The molecule has 0 radical (unpaired) electrons. The second kappa shape index (κ2) is 6.55. The van der Waals surface area contributed by atoms with Crippen LogP contribution in [0.2, 0.25) is 0 Å². The second-order valence-electron chi connectivity index (χ2n) is 5.93. The first kappa shape index (κ1) is 15.5. The van der Waals surface area contributed by atoms with Gasteiger partial charge in [0.2, 0.25) is 5.91 Å². The zero-order valence-electron chi connectivity index (χ0n) is 12.3. The van der Waals surface area contributed by atoms with Gasteiger partial charge in [0.05, 0.1) is 5.41 Å². The molecular weight excluding hydrogens is 224 g/mol. The van der Waals surface area contributed by atoms with Crippen LogP contribution in [-0.2, 0) is 4.79 Å². The van der Waals surface area contributed by atoms with E-state index in [1.54, 1.807) is 0 Å². The minimum Gasteiger partial charge on any atom is -0.350 e. The van der Waals surface area contributed by atoms with Gasteiger partial charge in [0, 0.05) is 12.1 Å². The van der Waals surface area contributed by atoms with Gasteiger partial charge in [-0.05, 0) is 38.5 Å². The van der Waals surface area contributed by atoms with Crippen molar-refractivity contribution in [3.63, 3.8) is 0 Å². The Bertz CT molecular complexity index is 260. The Morgan fingerprint density at radius 2 is 1.78 bits per heavy atom. The molecule has 0 aromatic rings. The third kappa shape index (κ3) is 3.05. The highest BCUT2D eigenvalue weighted by atomic mass is 16.2. The summed E-state index contributed by atoms with van der Waals surface area (Å²) in [6, 6.07) is 0. The van der Waals surface area contributed by atoms with Crippen LogP contribution in [0.5, 0.6) is 0 Å². The summed E-state index contributed by atoms with van der Waals surface area (Å²) in [5.41, 5.74) is 5.69. The molecule has 0 saturated heterocycles. The number of nitrogens with two attached hydrogens (primary N) is 1. The second-order valence-corrected chi connectivity index (χ2v) is 5.93. The zero-order chi connectivity index (χ0) is 13.6. The summed E-state index contributed by atoms with van der Waals surface area (Å²) in [5.74, 6) is 0.204. The molecule has 0 aromatic carbocycles. The molecule has 0 heterocycles. The molecule has 0 aromatic heterocycles. The van der Waals surface area contributed by atoms with Crippen LogP contribution in [0.4, 0.5) is 0 Å². The fourth-order valence-corrected chi connectivity index (χ4v) is 3.15. The lowest BCUT2D eigenvalue weighted by Crippen LogP contribution is -2.58. The zero-order valence-corrected chi connectivity index (χ0v) is 12.3. The first-order chi connectivity index (χ1) is 8.58. The van der Waals surface area contributed by atoms with E-state index in [2.05, 4.69) is 26.1 Å². The molecule has 0 aliphatic heterocycles. The molecule has 1 saturated carbocycles. The number of carbonyl (C=O) groups excluding carboxylic acids is 1. The third-order valence-electron chi connectivity index (χ3n) is 4.70. The van der Waals surface area contributed by atoms with Crippen molar-refractivity contribution >= 4 is 5.91 Å². The van der Waals surface area contributed by atoms with E-state index in [1.165, 1.54) is 6.42 Å². The molecular formula is C15H30N2O. The van der Waals surface area contributed by atoms with Crippen molar-refractivity contribution < 1.29 is 4.79 Å². The highest BCUT2D eigenvalue weighted by Gasteiger charge is 2.42. The van der Waals surface area contributed by atoms with Gasteiger partial charge in [0.25, 0.3) is 0 Å². The fraction of sp³-hybridized carbons (Fsp3) is 0.933. The van der Waals surface area contributed by atoms with E-state index in [4.69, 9.17) is 5.73 Å². The monoisotopic (exact) mass is 254 g/mol. The number of amides is 1. The quantitative estimate of drug-likeness (QED) is 0.699. The van der Waals surface area contributed by atoms with Gasteiger partial charge in [-0.1, -0.05) is 33.6 Å². The van der Waals surface area contributed by atoms with Gasteiger partial charge in [0.1, 0.15) is 0 Å². The van der Waals surface area contributed by atoms with Crippen LogP contribution >= 0.6 is 0 Å². The summed E-state index contributed by atoms with van der Waals surface area (Å²) in [6.45, 7) is 6.90.